The Labute approximate surface area is 194 Å². The summed E-state index contributed by atoms with van der Waals surface area (Å²) in [5, 5.41) is 11.8. The number of hydrogen-bond donors (Lipinski definition) is 2. The maximum absolute atomic E-state index is 12.8. The van der Waals surface area contributed by atoms with E-state index in [1.54, 1.807) is 24.3 Å². The number of hydrogen-bond acceptors (Lipinski definition) is 5. The first-order valence-electron chi connectivity index (χ1n) is 11.0. The average Bonchev–Trinajstić information content (AvgIpc) is 3.17. The summed E-state index contributed by atoms with van der Waals surface area (Å²) in [4.78, 5) is 37.4. The molecule has 3 aromatic carbocycles. The zero-order valence-corrected chi connectivity index (χ0v) is 18.7. The minimum absolute atomic E-state index is 0.0522. The van der Waals surface area contributed by atoms with Crippen LogP contribution in [0.15, 0.2) is 71.5 Å². The molecular weight excluding hydrogens is 432 g/mol. The van der Waals surface area contributed by atoms with E-state index in [1.165, 1.54) is 6.92 Å². The Morgan fingerprint density at radius 1 is 0.971 bits per heavy atom. The van der Waals surface area contributed by atoms with Crippen molar-refractivity contribution in [2.45, 2.75) is 26.5 Å². The first-order chi connectivity index (χ1) is 16.5. The lowest BCUT2D eigenvalue weighted by molar-refractivity contribution is -0.123. The number of H-pyrrole nitrogens is 1. The summed E-state index contributed by atoms with van der Waals surface area (Å²) in [6, 6.07) is 20.4. The molecule has 0 saturated heterocycles. The summed E-state index contributed by atoms with van der Waals surface area (Å²) < 4.78 is 7.58. The molecule has 34 heavy (non-hydrogen) atoms. The summed E-state index contributed by atoms with van der Waals surface area (Å²) in [5.41, 5.74) is 2.36. The molecule has 0 aliphatic rings. The Balaban J connectivity index is 1.37. The van der Waals surface area contributed by atoms with Gasteiger partial charge in [-0.25, -0.2) is 9.89 Å². The molecule has 1 unspecified atom stereocenters. The van der Waals surface area contributed by atoms with E-state index in [4.69, 9.17) is 4.74 Å². The van der Waals surface area contributed by atoms with Crippen LogP contribution >= 0.6 is 0 Å². The Hall–Kier alpha value is -4.46. The molecule has 5 aromatic rings. The van der Waals surface area contributed by atoms with Crippen LogP contribution in [0, 0.1) is 0 Å². The van der Waals surface area contributed by atoms with E-state index in [0.29, 0.717) is 16.5 Å². The molecule has 8 heteroatoms. The quantitative estimate of drug-likeness (QED) is 0.387. The number of carbonyl (C=O) groups is 2. The summed E-state index contributed by atoms with van der Waals surface area (Å²) >= 11 is 0. The van der Waals surface area contributed by atoms with Gasteiger partial charge in [0.05, 0.1) is 5.39 Å². The monoisotopic (exact) mass is 454 g/mol. The third-order valence-electron chi connectivity index (χ3n) is 5.90. The van der Waals surface area contributed by atoms with Gasteiger partial charge < -0.3 is 14.6 Å². The average molecular weight is 454 g/mol. The number of aromatic nitrogens is 3. The Bertz CT molecular complexity index is 1630. The first kappa shape index (κ1) is 21.4. The molecule has 0 spiro atoms. The van der Waals surface area contributed by atoms with E-state index in [-0.39, 0.29) is 5.69 Å². The molecule has 0 saturated carbocycles. The van der Waals surface area contributed by atoms with E-state index in [2.05, 4.69) is 39.1 Å². The maximum atomic E-state index is 12.8. The van der Waals surface area contributed by atoms with Crippen LogP contribution in [0.1, 0.15) is 24.3 Å². The zero-order chi connectivity index (χ0) is 23.8. The number of amides is 1. The van der Waals surface area contributed by atoms with Crippen molar-refractivity contribution >= 4 is 50.1 Å². The van der Waals surface area contributed by atoms with Crippen molar-refractivity contribution in [1.82, 2.24) is 14.8 Å². The van der Waals surface area contributed by atoms with Crippen LogP contribution < -0.4 is 10.9 Å². The zero-order valence-electron chi connectivity index (χ0n) is 18.7. The van der Waals surface area contributed by atoms with E-state index < -0.39 is 23.5 Å². The van der Waals surface area contributed by atoms with Crippen LogP contribution in [0.5, 0.6) is 0 Å². The normalized spacial score (nSPS) is 12.2. The van der Waals surface area contributed by atoms with E-state index in [1.807, 2.05) is 30.3 Å². The lowest BCUT2D eigenvalue weighted by Crippen LogP contribution is -2.30. The first-order valence-corrected chi connectivity index (χ1v) is 11.0. The van der Waals surface area contributed by atoms with Crippen LogP contribution in [0.25, 0.3) is 32.6 Å². The smallest absolute Gasteiger partial charge is 0.360 e. The molecule has 0 radical (unpaired) electrons. The van der Waals surface area contributed by atoms with Gasteiger partial charge in [0, 0.05) is 39.4 Å². The molecule has 5 rings (SSSR count). The molecule has 2 N–H and O–H groups in total. The number of nitrogens with zero attached hydrogens (tertiary/aromatic N) is 2. The van der Waals surface area contributed by atoms with Crippen LogP contribution in [0.3, 0.4) is 0 Å². The third kappa shape index (κ3) is 3.59. The number of aryl methyl sites for hydroxylation is 1. The number of fused-ring (bicyclic) bond motifs is 4. The Morgan fingerprint density at radius 2 is 1.65 bits per heavy atom. The van der Waals surface area contributed by atoms with Gasteiger partial charge in [-0.15, -0.1) is 0 Å². The molecule has 0 fully saturated rings. The van der Waals surface area contributed by atoms with Crippen LogP contribution in [-0.2, 0) is 16.1 Å². The van der Waals surface area contributed by atoms with Gasteiger partial charge in [0.1, 0.15) is 0 Å². The number of rotatable bonds is 5. The van der Waals surface area contributed by atoms with Crippen molar-refractivity contribution in [1.29, 1.82) is 0 Å². The highest BCUT2D eigenvalue weighted by Crippen LogP contribution is 2.31. The highest BCUT2D eigenvalue weighted by atomic mass is 16.5. The molecule has 1 atom stereocenters. The number of para-hydroxylation sites is 1. The highest BCUT2D eigenvalue weighted by Gasteiger charge is 2.22. The number of esters is 1. The summed E-state index contributed by atoms with van der Waals surface area (Å²) in [6.45, 7) is 4.41. The van der Waals surface area contributed by atoms with Crippen LogP contribution in [0.4, 0.5) is 5.69 Å². The number of nitrogens with one attached hydrogen (secondary N) is 2. The standard InChI is InChI=1S/C26H22N4O4/c1-3-30-21-11-7-6-8-17(21)20-14-16(12-13-22(20)30)27-24(31)15(2)34-26(33)23-18-9-4-5-10-19(18)25(32)29-28-23/h4-15H,3H2,1-2H3,(H,27,31)(H,29,32). The van der Waals surface area contributed by atoms with Gasteiger partial charge in [0.25, 0.3) is 11.5 Å². The van der Waals surface area contributed by atoms with Crippen molar-refractivity contribution in [3.8, 4) is 0 Å². The fraction of sp³-hybridized carbons (Fsp3) is 0.154. The Kier molecular flexibility index (Phi) is 5.33. The van der Waals surface area contributed by atoms with E-state index >= 15 is 0 Å². The van der Waals surface area contributed by atoms with Gasteiger partial charge in [0.2, 0.25) is 0 Å². The second-order valence-corrected chi connectivity index (χ2v) is 7.98. The number of anilines is 1. The second kappa shape index (κ2) is 8.47. The summed E-state index contributed by atoms with van der Waals surface area (Å²) in [5.74, 6) is -1.27. The Morgan fingerprint density at radius 3 is 2.41 bits per heavy atom. The molecular formula is C26H22N4O4. The van der Waals surface area contributed by atoms with Crippen LogP contribution in [-0.4, -0.2) is 32.7 Å². The topological polar surface area (TPSA) is 106 Å². The fourth-order valence-electron chi connectivity index (χ4n) is 4.26. The van der Waals surface area contributed by atoms with Crippen molar-refractivity contribution < 1.29 is 14.3 Å². The lowest BCUT2D eigenvalue weighted by Gasteiger charge is -2.14. The van der Waals surface area contributed by atoms with Gasteiger partial charge in [-0.2, -0.15) is 5.10 Å². The summed E-state index contributed by atoms with van der Waals surface area (Å²) in [6.07, 6.45) is -1.08. The molecule has 0 bridgehead atoms. The van der Waals surface area contributed by atoms with E-state index in [0.717, 1.165) is 28.4 Å². The van der Waals surface area contributed by atoms with Crippen LogP contribution in [0.2, 0.25) is 0 Å². The third-order valence-corrected chi connectivity index (χ3v) is 5.90. The molecule has 0 aliphatic carbocycles. The van der Waals surface area contributed by atoms with E-state index in [9.17, 15) is 14.4 Å². The minimum Gasteiger partial charge on any atom is -0.448 e. The van der Waals surface area contributed by atoms with Gasteiger partial charge in [-0.3, -0.25) is 9.59 Å². The molecule has 8 nitrogen and oxygen atoms in total. The number of carbonyl (C=O) groups excluding carboxylic acids is 2. The predicted molar refractivity (Wildman–Crippen MR) is 131 cm³/mol. The largest absolute Gasteiger partial charge is 0.448 e. The molecule has 1 amide bonds. The fourth-order valence-corrected chi connectivity index (χ4v) is 4.26. The number of ether oxygens (including phenoxy) is 1. The van der Waals surface area contributed by atoms with Gasteiger partial charge in [-0.1, -0.05) is 36.4 Å². The number of aromatic amines is 1. The molecule has 2 heterocycles. The van der Waals surface area contributed by atoms with Gasteiger partial charge in [-0.05, 0) is 44.2 Å². The SMILES string of the molecule is CCn1c2ccccc2c2cc(NC(=O)C(C)OC(=O)c3n[nH]c(=O)c4ccccc34)ccc21. The van der Waals surface area contributed by atoms with Crippen molar-refractivity contribution in [3.63, 3.8) is 0 Å². The highest BCUT2D eigenvalue weighted by molar-refractivity contribution is 6.10. The minimum atomic E-state index is -1.08. The summed E-state index contributed by atoms with van der Waals surface area (Å²) in [7, 11) is 0. The molecule has 2 aromatic heterocycles. The van der Waals surface area contributed by atoms with Gasteiger partial charge in [0.15, 0.2) is 11.8 Å². The predicted octanol–water partition coefficient (Wildman–Crippen LogP) is 4.23. The lowest BCUT2D eigenvalue weighted by atomic mass is 10.1. The number of benzene rings is 3. The second-order valence-electron chi connectivity index (χ2n) is 7.98. The van der Waals surface area contributed by atoms with Crippen molar-refractivity contribution in [2.75, 3.05) is 5.32 Å². The molecule has 170 valence electrons. The maximum Gasteiger partial charge on any atom is 0.360 e. The molecule has 0 aliphatic heterocycles. The van der Waals surface area contributed by atoms with Crippen molar-refractivity contribution in [3.05, 3.63) is 82.8 Å². The van der Waals surface area contributed by atoms with Crippen molar-refractivity contribution in [2.24, 2.45) is 0 Å². The van der Waals surface area contributed by atoms with Gasteiger partial charge >= 0.3 is 5.97 Å².